The van der Waals surface area contributed by atoms with Crippen LogP contribution in [0, 0.1) is 6.92 Å². The number of halogens is 2. The maximum absolute atomic E-state index is 13.3. The Bertz CT molecular complexity index is 1020. The first-order chi connectivity index (χ1) is 13.5. The average molecular weight is 420 g/mol. The number of benzene rings is 2. The first kappa shape index (κ1) is 19.2. The maximum Gasteiger partial charge on any atom is 0.246 e. The highest BCUT2D eigenvalue weighted by Crippen LogP contribution is 2.32. The van der Waals surface area contributed by atoms with E-state index in [1.807, 2.05) is 0 Å². The SMILES string of the molecule is Cc1nc2cc(NC(=O)C(c3ccc(Cl)cc3Cl)N3CCOCC3)ccc2o1. The van der Waals surface area contributed by atoms with Crippen LogP contribution in [0.4, 0.5) is 5.69 Å². The topological polar surface area (TPSA) is 67.6 Å². The van der Waals surface area contributed by atoms with Crippen LogP contribution >= 0.6 is 23.2 Å². The molecule has 1 amide bonds. The molecule has 4 rings (SSSR count). The van der Waals surface area contributed by atoms with Crippen LogP contribution in [0.25, 0.3) is 11.1 Å². The summed E-state index contributed by atoms with van der Waals surface area (Å²) in [6.07, 6.45) is 0. The molecule has 8 heteroatoms. The third kappa shape index (κ3) is 4.00. The van der Waals surface area contributed by atoms with Crippen molar-refractivity contribution in [3.63, 3.8) is 0 Å². The van der Waals surface area contributed by atoms with Crippen LogP contribution in [0.15, 0.2) is 40.8 Å². The van der Waals surface area contributed by atoms with Gasteiger partial charge in [-0.15, -0.1) is 0 Å². The normalized spacial score (nSPS) is 16.2. The number of carbonyl (C=O) groups is 1. The third-order valence-corrected chi connectivity index (χ3v) is 5.24. The fourth-order valence-electron chi connectivity index (χ4n) is 3.39. The number of amides is 1. The smallest absolute Gasteiger partial charge is 0.246 e. The zero-order chi connectivity index (χ0) is 19.7. The van der Waals surface area contributed by atoms with Crippen molar-refractivity contribution in [3.8, 4) is 0 Å². The molecule has 0 aliphatic carbocycles. The largest absolute Gasteiger partial charge is 0.441 e. The van der Waals surface area contributed by atoms with E-state index >= 15 is 0 Å². The van der Waals surface area contributed by atoms with E-state index in [0.29, 0.717) is 64.6 Å². The molecule has 1 aliphatic heterocycles. The van der Waals surface area contributed by atoms with Crippen molar-refractivity contribution in [1.82, 2.24) is 9.88 Å². The molecule has 0 bridgehead atoms. The predicted octanol–water partition coefficient (Wildman–Crippen LogP) is 4.46. The monoisotopic (exact) mass is 419 g/mol. The Kier molecular flexibility index (Phi) is 5.55. The number of carbonyl (C=O) groups excluding carboxylic acids is 1. The molecule has 0 radical (unpaired) electrons. The Morgan fingerprint density at radius 2 is 1.96 bits per heavy atom. The van der Waals surface area contributed by atoms with Gasteiger partial charge in [-0.2, -0.15) is 0 Å². The second-order valence-electron chi connectivity index (χ2n) is 6.62. The van der Waals surface area contributed by atoms with Gasteiger partial charge in [-0.3, -0.25) is 9.69 Å². The summed E-state index contributed by atoms with van der Waals surface area (Å²) in [5.41, 5.74) is 2.74. The number of aryl methyl sites for hydroxylation is 1. The molecule has 146 valence electrons. The van der Waals surface area contributed by atoms with E-state index in [1.54, 1.807) is 43.3 Å². The quantitative estimate of drug-likeness (QED) is 0.675. The number of aromatic nitrogens is 1. The lowest BCUT2D eigenvalue weighted by Crippen LogP contribution is -2.44. The van der Waals surface area contributed by atoms with Crippen LogP contribution < -0.4 is 5.32 Å². The third-order valence-electron chi connectivity index (χ3n) is 4.68. The molecule has 1 N–H and O–H groups in total. The van der Waals surface area contributed by atoms with Gasteiger partial charge in [-0.25, -0.2) is 4.98 Å². The molecular formula is C20H19Cl2N3O3. The summed E-state index contributed by atoms with van der Waals surface area (Å²) in [7, 11) is 0. The van der Waals surface area contributed by atoms with Gasteiger partial charge in [0, 0.05) is 35.7 Å². The molecule has 1 atom stereocenters. The van der Waals surface area contributed by atoms with Crippen LogP contribution in [0.1, 0.15) is 17.5 Å². The number of fused-ring (bicyclic) bond motifs is 1. The summed E-state index contributed by atoms with van der Waals surface area (Å²) in [5.74, 6) is 0.406. The molecule has 0 spiro atoms. The molecule has 0 saturated carbocycles. The number of anilines is 1. The highest BCUT2D eigenvalue weighted by molar-refractivity contribution is 6.35. The number of nitrogens with zero attached hydrogens (tertiary/aromatic N) is 2. The lowest BCUT2D eigenvalue weighted by molar-refractivity contribution is -0.123. The highest BCUT2D eigenvalue weighted by Gasteiger charge is 2.31. The van der Waals surface area contributed by atoms with E-state index in [0.717, 1.165) is 0 Å². The Morgan fingerprint density at radius 3 is 2.71 bits per heavy atom. The number of rotatable bonds is 4. The van der Waals surface area contributed by atoms with E-state index in [-0.39, 0.29) is 5.91 Å². The van der Waals surface area contributed by atoms with Gasteiger partial charge in [0.05, 0.1) is 13.2 Å². The van der Waals surface area contributed by atoms with Gasteiger partial charge in [-0.05, 0) is 35.9 Å². The van der Waals surface area contributed by atoms with Gasteiger partial charge in [0.1, 0.15) is 11.6 Å². The van der Waals surface area contributed by atoms with E-state index in [1.165, 1.54) is 0 Å². The Morgan fingerprint density at radius 1 is 1.18 bits per heavy atom. The van der Waals surface area contributed by atoms with Crippen molar-refractivity contribution >= 4 is 45.9 Å². The van der Waals surface area contributed by atoms with Crippen molar-refractivity contribution < 1.29 is 13.9 Å². The molecule has 3 aromatic rings. The van der Waals surface area contributed by atoms with Crippen LogP contribution in [-0.2, 0) is 9.53 Å². The number of hydrogen-bond acceptors (Lipinski definition) is 5. The summed E-state index contributed by atoms with van der Waals surface area (Å²) >= 11 is 12.5. The first-order valence-electron chi connectivity index (χ1n) is 8.96. The van der Waals surface area contributed by atoms with Crippen LogP contribution in [0.5, 0.6) is 0 Å². The molecule has 6 nitrogen and oxygen atoms in total. The summed E-state index contributed by atoms with van der Waals surface area (Å²) in [4.78, 5) is 19.6. The van der Waals surface area contributed by atoms with E-state index < -0.39 is 6.04 Å². The number of nitrogens with one attached hydrogen (secondary N) is 1. The van der Waals surface area contributed by atoms with E-state index in [2.05, 4.69) is 15.2 Å². The van der Waals surface area contributed by atoms with E-state index in [4.69, 9.17) is 32.4 Å². The minimum atomic E-state index is -0.552. The Hall–Kier alpha value is -2.12. The van der Waals surface area contributed by atoms with Gasteiger partial charge < -0.3 is 14.5 Å². The van der Waals surface area contributed by atoms with Gasteiger partial charge in [-0.1, -0.05) is 29.3 Å². The van der Waals surface area contributed by atoms with Gasteiger partial charge in [0.15, 0.2) is 11.5 Å². The fourth-order valence-corrected chi connectivity index (χ4v) is 3.91. The zero-order valence-electron chi connectivity index (χ0n) is 15.2. The molecule has 2 heterocycles. The molecule has 2 aromatic carbocycles. The van der Waals surface area contributed by atoms with Crippen LogP contribution in [0.2, 0.25) is 10.0 Å². The van der Waals surface area contributed by atoms with Crippen molar-refractivity contribution in [3.05, 3.63) is 57.9 Å². The lowest BCUT2D eigenvalue weighted by Gasteiger charge is -2.34. The summed E-state index contributed by atoms with van der Waals surface area (Å²) in [6, 6.07) is 10.0. The molecule has 1 aliphatic rings. The number of morpholine rings is 1. The van der Waals surface area contributed by atoms with Gasteiger partial charge >= 0.3 is 0 Å². The zero-order valence-corrected chi connectivity index (χ0v) is 16.8. The van der Waals surface area contributed by atoms with Crippen molar-refractivity contribution in [2.24, 2.45) is 0 Å². The Balaban J connectivity index is 1.65. The minimum Gasteiger partial charge on any atom is -0.441 e. The summed E-state index contributed by atoms with van der Waals surface area (Å²) < 4.78 is 10.9. The van der Waals surface area contributed by atoms with Crippen LogP contribution in [0.3, 0.4) is 0 Å². The molecule has 28 heavy (non-hydrogen) atoms. The highest BCUT2D eigenvalue weighted by atomic mass is 35.5. The standard InChI is InChI=1S/C20H19Cl2N3O3/c1-12-23-17-11-14(3-5-18(17)28-12)24-20(26)19(25-6-8-27-9-7-25)15-4-2-13(21)10-16(15)22/h2-5,10-11,19H,6-9H2,1H3,(H,24,26). The predicted molar refractivity (Wildman–Crippen MR) is 109 cm³/mol. The van der Waals surface area contributed by atoms with Crippen molar-refractivity contribution in [2.45, 2.75) is 13.0 Å². The molecule has 1 fully saturated rings. The summed E-state index contributed by atoms with van der Waals surface area (Å²) in [6.45, 7) is 4.20. The minimum absolute atomic E-state index is 0.175. The number of hydrogen-bond donors (Lipinski definition) is 1. The molecule has 1 unspecified atom stereocenters. The van der Waals surface area contributed by atoms with Crippen LogP contribution in [-0.4, -0.2) is 42.1 Å². The average Bonchev–Trinajstić information content (AvgIpc) is 3.04. The second-order valence-corrected chi connectivity index (χ2v) is 7.46. The number of ether oxygens (including phenoxy) is 1. The number of oxazole rings is 1. The lowest BCUT2D eigenvalue weighted by atomic mass is 10.0. The fraction of sp³-hybridized carbons (Fsp3) is 0.300. The van der Waals surface area contributed by atoms with E-state index in [9.17, 15) is 4.79 Å². The van der Waals surface area contributed by atoms with Crippen molar-refractivity contribution in [1.29, 1.82) is 0 Å². The summed E-state index contributed by atoms with van der Waals surface area (Å²) in [5, 5.41) is 3.98. The van der Waals surface area contributed by atoms with Gasteiger partial charge in [0.2, 0.25) is 5.91 Å². The Labute approximate surface area is 172 Å². The first-order valence-corrected chi connectivity index (χ1v) is 9.71. The van der Waals surface area contributed by atoms with Gasteiger partial charge in [0.25, 0.3) is 0 Å². The second kappa shape index (κ2) is 8.09. The maximum atomic E-state index is 13.3. The molecular weight excluding hydrogens is 401 g/mol. The molecule has 1 saturated heterocycles. The van der Waals surface area contributed by atoms with Crippen molar-refractivity contribution in [2.75, 3.05) is 31.6 Å². The molecule has 1 aromatic heterocycles.